The van der Waals surface area contributed by atoms with Crippen LogP contribution in [0, 0.1) is 0 Å². The maximum Gasteiger partial charge on any atom is 0.298 e. The Labute approximate surface area is 131 Å². The van der Waals surface area contributed by atoms with Crippen molar-refractivity contribution in [1.82, 2.24) is 4.98 Å². The van der Waals surface area contributed by atoms with E-state index in [-0.39, 0.29) is 0 Å². The second-order valence-electron chi connectivity index (χ2n) is 6.55. The molecule has 22 heavy (non-hydrogen) atoms. The molecule has 0 unspecified atom stereocenters. The summed E-state index contributed by atoms with van der Waals surface area (Å²) in [6.07, 6.45) is 9.66. The van der Waals surface area contributed by atoms with E-state index in [9.17, 15) is 0 Å². The van der Waals surface area contributed by atoms with Crippen LogP contribution in [0.3, 0.4) is 0 Å². The van der Waals surface area contributed by atoms with Crippen molar-refractivity contribution < 1.29 is 9.15 Å². The summed E-state index contributed by atoms with van der Waals surface area (Å²) < 4.78 is 12.2. The van der Waals surface area contributed by atoms with E-state index in [1.807, 2.05) is 24.3 Å². The molecule has 2 heterocycles. The number of rotatable bonds is 3. The summed E-state index contributed by atoms with van der Waals surface area (Å²) in [6.45, 7) is 1.95. The summed E-state index contributed by atoms with van der Waals surface area (Å²) in [5.41, 5.74) is 1.82. The van der Waals surface area contributed by atoms with Gasteiger partial charge >= 0.3 is 0 Å². The molecular weight excluding hydrogens is 276 g/mol. The highest BCUT2D eigenvalue weighted by Gasteiger charge is 2.26. The minimum absolute atomic E-state index is 0.420. The van der Waals surface area contributed by atoms with Gasteiger partial charge in [0.25, 0.3) is 6.01 Å². The van der Waals surface area contributed by atoms with E-state index in [0.717, 1.165) is 43.0 Å². The number of oxazole rings is 1. The van der Waals surface area contributed by atoms with Crippen LogP contribution in [0.2, 0.25) is 0 Å². The highest BCUT2D eigenvalue weighted by atomic mass is 16.5. The molecule has 1 aromatic carbocycles. The molecule has 1 aromatic heterocycles. The molecule has 0 spiro atoms. The van der Waals surface area contributed by atoms with Crippen LogP contribution in [-0.2, 0) is 4.74 Å². The van der Waals surface area contributed by atoms with E-state index in [0.29, 0.717) is 12.2 Å². The predicted octanol–water partition coefficient (Wildman–Crippen LogP) is 4.15. The Morgan fingerprint density at radius 1 is 0.955 bits per heavy atom. The summed E-state index contributed by atoms with van der Waals surface area (Å²) >= 11 is 0. The molecule has 2 aliphatic rings. The van der Waals surface area contributed by atoms with Gasteiger partial charge in [-0.25, -0.2) is 0 Å². The van der Waals surface area contributed by atoms with Crippen LogP contribution in [0.4, 0.5) is 6.01 Å². The molecule has 0 amide bonds. The van der Waals surface area contributed by atoms with Gasteiger partial charge < -0.3 is 14.1 Å². The smallest absolute Gasteiger partial charge is 0.298 e. The van der Waals surface area contributed by atoms with Crippen LogP contribution in [0.1, 0.15) is 44.9 Å². The van der Waals surface area contributed by atoms with Crippen LogP contribution in [0.15, 0.2) is 28.7 Å². The second-order valence-corrected chi connectivity index (χ2v) is 6.55. The standard InChI is InChI=1S/C18H24N2O2/c1-2-6-14(7-3-1)21-15-10-12-20(13-11-15)18-19-16-8-4-5-9-17(16)22-18/h4-5,8-9,14-15H,1-3,6-7,10-13H2. The van der Waals surface area contributed by atoms with Gasteiger partial charge in [0, 0.05) is 13.1 Å². The Bertz CT molecular complexity index is 577. The molecule has 0 N–H and O–H groups in total. The maximum atomic E-state index is 6.30. The molecule has 118 valence electrons. The molecule has 2 fully saturated rings. The van der Waals surface area contributed by atoms with Crippen molar-refractivity contribution in [3.8, 4) is 0 Å². The lowest BCUT2D eigenvalue weighted by atomic mass is 9.97. The van der Waals surface area contributed by atoms with Crippen LogP contribution < -0.4 is 4.90 Å². The van der Waals surface area contributed by atoms with Gasteiger partial charge in [0.2, 0.25) is 0 Å². The number of anilines is 1. The van der Waals surface area contributed by atoms with Crippen molar-refractivity contribution in [3.63, 3.8) is 0 Å². The lowest BCUT2D eigenvalue weighted by molar-refractivity contribution is -0.0397. The van der Waals surface area contributed by atoms with Crippen molar-refractivity contribution in [3.05, 3.63) is 24.3 Å². The number of para-hydroxylation sites is 2. The van der Waals surface area contributed by atoms with Gasteiger partial charge in [0.05, 0.1) is 12.2 Å². The summed E-state index contributed by atoms with van der Waals surface area (Å²) in [5, 5.41) is 0. The number of aromatic nitrogens is 1. The van der Waals surface area contributed by atoms with Gasteiger partial charge in [-0.2, -0.15) is 4.98 Å². The first-order valence-corrected chi connectivity index (χ1v) is 8.64. The first kappa shape index (κ1) is 14.1. The number of hydrogen-bond donors (Lipinski definition) is 0. The number of piperidine rings is 1. The zero-order chi connectivity index (χ0) is 14.8. The zero-order valence-electron chi connectivity index (χ0n) is 13.0. The lowest BCUT2D eigenvalue weighted by Gasteiger charge is -2.34. The van der Waals surface area contributed by atoms with Crippen LogP contribution in [0.5, 0.6) is 0 Å². The molecule has 4 heteroatoms. The first-order chi connectivity index (χ1) is 10.9. The summed E-state index contributed by atoms with van der Waals surface area (Å²) in [6, 6.07) is 8.73. The number of hydrogen-bond acceptors (Lipinski definition) is 4. The third kappa shape index (κ3) is 2.98. The molecule has 1 saturated heterocycles. The van der Waals surface area contributed by atoms with E-state index < -0.39 is 0 Å². The van der Waals surface area contributed by atoms with Crippen LogP contribution >= 0.6 is 0 Å². The zero-order valence-corrected chi connectivity index (χ0v) is 13.0. The van der Waals surface area contributed by atoms with Gasteiger partial charge in [-0.3, -0.25) is 0 Å². The molecule has 0 radical (unpaired) electrons. The van der Waals surface area contributed by atoms with Gasteiger partial charge in [0.15, 0.2) is 5.58 Å². The number of nitrogens with zero attached hydrogens (tertiary/aromatic N) is 2. The monoisotopic (exact) mass is 300 g/mol. The van der Waals surface area contributed by atoms with E-state index in [1.54, 1.807) is 0 Å². The molecule has 0 atom stereocenters. The third-order valence-electron chi connectivity index (χ3n) is 4.93. The molecule has 4 rings (SSSR count). The molecule has 1 aliphatic carbocycles. The lowest BCUT2D eigenvalue weighted by Crippen LogP contribution is -2.39. The Morgan fingerprint density at radius 3 is 2.45 bits per heavy atom. The van der Waals surface area contributed by atoms with Crippen molar-refractivity contribution in [2.45, 2.75) is 57.2 Å². The second kappa shape index (κ2) is 6.29. The number of ether oxygens (including phenoxy) is 1. The van der Waals surface area contributed by atoms with Gasteiger partial charge in [0.1, 0.15) is 5.52 Å². The van der Waals surface area contributed by atoms with Crippen molar-refractivity contribution in [2.24, 2.45) is 0 Å². The minimum atomic E-state index is 0.420. The highest BCUT2D eigenvalue weighted by molar-refractivity contribution is 5.74. The largest absolute Gasteiger partial charge is 0.423 e. The summed E-state index contributed by atoms with van der Waals surface area (Å²) in [4.78, 5) is 6.85. The molecule has 2 aromatic rings. The van der Waals surface area contributed by atoms with E-state index in [4.69, 9.17) is 9.15 Å². The normalized spacial score (nSPS) is 21.5. The molecule has 1 saturated carbocycles. The van der Waals surface area contributed by atoms with Crippen molar-refractivity contribution >= 4 is 17.1 Å². The third-order valence-corrected chi connectivity index (χ3v) is 4.93. The first-order valence-electron chi connectivity index (χ1n) is 8.64. The van der Waals surface area contributed by atoms with E-state index in [2.05, 4.69) is 9.88 Å². The topological polar surface area (TPSA) is 38.5 Å². The SMILES string of the molecule is c1ccc2oc(N3CCC(OC4CCCCC4)CC3)nc2c1. The van der Waals surface area contributed by atoms with Crippen LogP contribution in [-0.4, -0.2) is 30.3 Å². The maximum absolute atomic E-state index is 6.30. The average Bonchev–Trinajstić information content (AvgIpc) is 3.00. The predicted molar refractivity (Wildman–Crippen MR) is 87.2 cm³/mol. The number of fused-ring (bicyclic) bond motifs is 1. The molecular formula is C18H24N2O2. The number of benzene rings is 1. The Morgan fingerprint density at radius 2 is 1.68 bits per heavy atom. The fourth-order valence-electron chi connectivity index (χ4n) is 3.65. The Hall–Kier alpha value is -1.55. The van der Waals surface area contributed by atoms with Gasteiger partial charge in [-0.15, -0.1) is 0 Å². The van der Waals surface area contributed by atoms with E-state index >= 15 is 0 Å². The van der Waals surface area contributed by atoms with Crippen LogP contribution in [0.25, 0.3) is 11.1 Å². The molecule has 1 aliphatic heterocycles. The Kier molecular flexibility index (Phi) is 4.02. The fourth-order valence-corrected chi connectivity index (χ4v) is 3.65. The Balaban J connectivity index is 1.35. The minimum Gasteiger partial charge on any atom is -0.423 e. The molecule has 0 bridgehead atoms. The quantitative estimate of drug-likeness (QED) is 0.853. The van der Waals surface area contributed by atoms with Crippen molar-refractivity contribution in [1.29, 1.82) is 0 Å². The average molecular weight is 300 g/mol. The van der Waals surface area contributed by atoms with Gasteiger partial charge in [-0.05, 0) is 37.8 Å². The summed E-state index contributed by atoms with van der Waals surface area (Å²) in [7, 11) is 0. The summed E-state index contributed by atoms with van der Waals surface area (Å²) in [5.74, 6) is 0. The molecule has 4 nitrogen and oxygen atoms in total. The fraction of sp³-hybridized carbons (Fsp3) is 0.611. The van der Waals surface area contributed by atoms with Gasteiger partial charge in [-0.1, -0.05) is 31.4 Å². The highest BCUT2D eigenvalue weighted by Crippen LogP contribution is 2.27. The van der Waals surface area contributed by atoms with Crippen molar-refractivity contribution in [2.75, 3.05) is 18.0 Å². The van der Waals surface area contributed by atoms with E-state index in [1.165, 1.54) is 32.1 Å².